The zero-order valence-corrected chi connectivity index (χ0v) is 13.9. The summed E-state index contributed by atoms with van der Waals surface area (Å²) in [6.45, 7) is 3.26. The summed E-state index contributed by atoms with van der Waals surface area (Å²) in [6, 6.07) is 2.61. The fraction of sp³-hybridized carbons (Fsp3) is 0.400. The predicted octanol–water partition coefficient (Wildman–Crippen LogP) is 1.82. The molecule has 0 bridgehead atoms. The molecule has 8 heteroatoms. The molecule has 7 nitrogen and oxygen atoms in total. The van der Waals surface area contributed by atoms with Gasteiger partial charge in [-0.15, -0.1) is 11.3 Å². The van der Waals surface area contributed by atoms with Crippen molar-refractivity contribution in [2.45, 2.75) is 19.9 Å². The number of carbonyl (C=O) groups excluding carboxylic acids is 3. The lowest BCUT2D eigenvalue weighted by Gasteiger charge is -2.34. The number of ether oxygens (including phenoxy) is 2. The van der Waals surface area contributed by atoms with E-state index in [4.69, 9.17) is 9.47 Å². The second-order valence-corrected chi connectivity index (χ2v) is 5.76. The van der Waals surface area contributed by atoms with Crippen molar-refractivity contribution in [3.05, 3.63) is 33.7 Å². The smallest absolute Gasteiger partial charge is 0.338 e. The lowest BCUT2D eigenvalue weighted by atomic mass is 10.0. The number of esters is 2. The van der Waals surface area contributed by atoms with Gasteiger partial charge in [-0.05, 0) is 25.3 Å². The van der Waals surface area contributed by atoms with Crippen LogP contribution in [0.4, 0.5) is 4.79 Å². The molecule has 0 unspecified atom stereocenters. The van der Waals surface area contributed by atoms with E-state index in [-0.39, 0.29) is 13.2 Å². The van der Waals surface area contributed by atoms with Crippen LogP contribution in [0.15, 0.2) is 28.8 Å². The standard InChI is InChI=1S/C15H18N2O5S/c1-4-22-11(18)8-17-9(2)12(14(19)21-3)13(16-15(17)20)10-6-5-7-23-10/h5-7,13H,4,8H2,1-3H3,(H,16,20)/t13-/m0/s1. The highest BCUT2D eigenvalue weighted by Gasteiger charge is 2.37. The maximum atomic E-state index is 12.3. The first-order valence-electron chi connectivity index (χ1n) is 7.05. The molecule has 1 aromatic rings. The van der Waals surface area contributed by atoms with E-state index in [1.807, 2.05) is 17.5 Å². The first kappa shape index (κ1) is 17.0. The predicted molar refractivity (Wildman–Crippen MR) is 83.6 cm³/mol. The number of amides is 2. The summed E-state index contributed by atoms with van der Waals surface area (Å²) in [5.74, 6) is -1.09. The minimum absolute atomic E-state index is 0.221. The average molecular weight is 338 g/mol. The Morgan fingerprint density at radius 2 is 2.17 bits per heavy atom. The van der Waals surface area contributed by atoms with E-state index >= 15 is 0 Å². The molecule has 0 saturated heterocycles. The Kier molecular flexibility index (Phi) is 5.38. The molecule has 1 N–H and O–H groups in total. The van der Waals surface area contributed by atoms with Crippen LogP contribution in [0.2, 0.25) is 0 Å². The number of thiophene rings is 1. The van der Waals surface area contributed by atoms with Crippen LogP contribution in [0.5, 0.6) is 0 Å². The molecule has 23 heavy (non-hydrogen) atoms. The molecular formula is C15H18N2O5S. The minimum Gasteiger partial charge on any atom is -0.466 e. The Morgan fingerprint density at radius 3 is 2.74 bits per heavy atom. The second kappa shape index (κ2) is 7.28. The summed E-state index contributed by atoms with van der Waals surface area (Å²) in [4.78, 5) is 38.2. The largest absolute Gasteiger partial charge is 0.466 e. The molecule has 2 heterocycles. The zero-order chi connectivity index (χ0) is 17.0. The third-order valence-corrected chi connectivity index (χ3v) is 4.36. The van der Waals surface area contributed by atoms with Crippen molar-refractivity contribution >= 4 is 29.3 Å². The van der Waals surface area contributed by atoms with Gasteiger partial charge in [0.2, 0.25) is 0 Å². The Morgan fingerprint density at radius 1 is 1.43 bits per heavy atom. The lowest BCUT2D eigenvalue weighted by molar-refractivity contribution is -0.143. The zero-order valence-electron chi connectivity index (χ0n) is 13.1. The van der Waals surface area contributed by atoms with E-state index in [0.717, 1.165) is 4.88 Å². The number of carbonyl (C=O) groups is 3. The molecule has 0 spiro atoms. The van der Waals surface area contributed by atoms with Gasteiger partial charge in [0, 0.05) is 10.6 Å². The van der Waals surface area contributed by atoms with Crippen LogP contribution in [0, 0.1) is 0 Å². The number of rotatable bonds is 5. The summed E-state index contributed by atoms with van der Waals surface area (Å²) < 4.78 is 9.70. The molecule has 0 saturated carbocycles. The number of allylic oxidation sites excluding steroid dienone is 1. The van der Waals surface area contributed by atoms with Gasteiger partial charge in [0.15, 0.2) is 0 Å². The quantitative estimate of drug-likeness (QED) is 0.828. The molecule has 0 aromatic carbocycles. The topological polar surface area (TPSA) is 84.9 Å². The van der Waals surface area contributed by atoms with Gasteiger partial charge in [-0.25, -0.2) is 9.59 Å². The molecule has 124 valence electrons. The molecule has 1 atom stereocenters. The number of nitrogens with one attached hydrogen (secondary N) is 1. The van der Waals surface area contributed by atoms with Crippen molar-refractivity contribution in [3.63, 3.8) is 0 Å². The van der Waals surface area contributed by atoms with Crippen molar-refractivity contribution in [2.24, 2.45) is 0 Å². The van der Waals surface area contributed by atoms with E-state index < -0.39 is 24.0 Å². The van der Waals surface area contributed by atoms with Crippen LogP contribution in [0.25, 0.3) is 0 Å². The van der Waals surface area contributed by atoms with E-state index in [1.165, 1.54) is 23.3 Å². The van der Waals surface area contributed by atoms with Gasteiger partial charge >= 0.3 is 18.0 Å². The van der Waals surface area contributed by atoms with E-state index in [9.17, 15) is 14.4 Å². The third-order valence-electron chi connectivity index (χ3n) is 3.42. The van der Waals surface area contributed by atoms with E-state index in [1.54, 1.807) is 13.8 Å². The van der Waals surface area contributed by atoms with Gasteiger partial charge in [0.25, 0.3) is 0 Å². The summed E-state index contributed by atoms with van der Waals surface area (Å²) in [7, 11) is 1.28. The number of hydrogen-bond acceptors (Lipinski definition) is 6. The monoisotopic (exact) mass is 338 g/mol. The summed E-state index contributed by atoms with van der Waals surface area (Å²) >= 11 is 1.42. The van der Waals surface area contributed by atoms with Crippen LogP contribution in [-0.4, -0.2) is 43.1 Å². The maximum absolute atomic E-state index is 12.3. The van der Waals surface area contributed by atoms with Crippen molar-refractivity contribution in [2.75, 3.05) is 20.3 Å². The molecule has 0 fully saturated rings. The minimum atomic E-state index is -0.589. The molecule has 2 amide bonds. The molecule has 1 aliphatic heterocycles. The molecule has 1 aliphatic rings. The Bertz CT molecular complexity index is 638. The van der Waals surface area contributed by atoms with E-state index in [0.29, 0.717) is 11.3 Å². The van der Waals surface area contributed by atoms with E-state index in [2.05, 4.69) is 5.32 Å². The second-order valence-electron chi connectivity index (χ2n) is 4.78. The third kappa shape index (κ3) is 3.53. The fourth-order valence-electron chi connectivity index (χ4n) is 2.35. The van der Waals surface area contributed by atoms with Crippen molar-refractivity contribution in [1.29, 1.82) is 0 Å². The fourth-order valence-corrected chi connectivity index (χ4v) is 3.13. The normalized spacial score (nSPS) is 17.8. The van der Waals surface area contributed by atoms with Gasteiger partial charge < -0.3 is 14.8 Å². The van der Waals surface area contributed by atoms with Crippen LogP contribution < -0.4 is 5.32 Å². The highest BCUT2D eigenvalue weighted by molar-refractivity contribution is 7.10. The Hall–Kier alpha value is -2.35. The van der Waals surface area contributed by atoms with Crippen LogP contribution in [-0.2, 0) is 19.1 Å². The molecule has 0 radical (unpaired) electrons. The highest BCUT2D eigenvalue weighted by atomic mass is 32.1. The van der Waals surface area contributed by atoms with Crippen molar-refractivity contribution < 1.29 is 23.9 Å². The molecule has 0 aliphatic carbocycles. The number of nitrogens with zero attached hydrogens (tertiary/aromatic N) is 1. The Labute approximate surface area is 137 Å². The first-order chi connectivity index (χ1) is 11.0. The SMILES string of the molecule is CCOC(=O)CN1C(=O)N[C@@H](c2cccs2)C(C(=O)OC)=C1C. The summed E-state index contributed by atoms with van der Waals surface area (Å²) in [5, 5.41) is 4.60. The van der Waals surface area contributed by atoms with Gasteiger partial charge in [-0.3, -0.25) is 9.69 Å². The molecule has 1 aromatic heterocycles. The van der Waals surface area contributed by atoms with Crippen LogP contribution in [0.3, 0.4) is 0 Å². The average Bonchev–Trinajstić information content (AvgIpc) is 3.04. The number of methoxy groups -OCH3 is 1. The highest BCUT2D eigenvalue weighted by Crippen LogP contribution is 2.33. The molecule has 2 rings (SSSR count). The van der Waals surface area contributed by atoms with Gasteiger partial charge in [0.05, 0.1) is 25.3 Å². The summed E-state index contributed by atoms with van der Waals surface area (Å²) in [6.07, 6.45) is 0. The number of hydrogen-bond donors (Lipinski definition) is 1. The van der Waals surface area contributed by atoms with Crippen molar-refractivity contribution in [3.8, 4) is 0 Å². The first-order valence-corrected chi connectivity index (χ1v) is 7.93. The Balaban J connectivity index is 2.40. The van der Waals surface area contributed by atoms with Gasteiger partial charge in [-0.2, -0.15) is 0 Å². The lowest BCUT2D eigenvalue weighted by Crippen LogP contribution is -2.49. The van der Waals surface area contributed by atoms with Crippen LogP contribution >= 0.6 is 11.3 Å². The van der Waals surface area contributed by atoms with Gasteiger partial charge in [-0.1, -0.05) is 6.07 Å². The molecular weight excluding hydrogens is 320 g/mol. The van der Waals surface area contributed by atoms with Gasteiger partial charge in [0.1, 0.15) is 6.54 Å². The maximum Gasteiger partial charge on any atom is 0.338 e. The van der Waals surface area contributed by atoms with Crippen molar-refractivity contribution in [1.82, 2.24) is 10.2 Å². The summed E-state index contributed by atoms with van der Waals surface area (Å²) in [5.41, 5.74) is 0.686. The number of urea groups is 1. The van der Waals surface area contributed by atoms with Crippen LogP contribution in [0.1, 0.15) is 24.8 Å².